The highest BCUT2D eigenvalue weighted by atomic mass is 79.9. The number of halogens is 1. The molecule has 0 aromatic carbocycles. The quantitative estimate of drug-likeness (QED) is 0.717. The number of amides is 1. The summed E-state index contributed by atoms with van der Waals surface area (Å²) in [6.45, 7) is 4.18. The van der Waals surface area contributed by atoms with Gasteiger partial charge in [0.25, 0.3) is 0 Å². The van der Waals surface area contributed by atoms with E-state index in [0.29, 0.717) is 11.9 Å². The Kier molecular flexibility index (Phi) is 5.39. The smallest absolute Gasteiger partial charge is 0.407 e. The van der Waals surface area contributed by atoms with Crippen molar-refractivity contribution < 1.29 is 9.53 Å². The highest BCUT2D eigenvalue weighted by Gasteiger charge is 2.01. The standard InChI is InChI=1S/C6H12BrNO2/c1-5(2)8-6(9)10-4-3-7/h5H,3-4H2,1-2H3,(H,8,9). The topological polar surface area (TPSA) is 38.3 Å². The van der Waals surface area contributed by atoms with Gasteiger partial charge in [0, 0.05) is 11.4 Å². The minimum atomic E-state index is -0.352. The van der Waals surface area contributed by atoms with Crippen LogP contribution < -0.4 is 5.32 Å². The van der Waals surface area contributed by atoms with Gasteiger partial charge in [-0.05, 0) is 13.8 Å². The van der Waals surface area contributed by atoms with Crippen LogP contribution in [-0.2, 0) is 4.74 Å². The van der Waals surface area contributed by atoms with Crippen LogP contribution in [0.15, 0.2) is 0 Å². The summed E-state index contributed by atoms with van der Waals surface area (Å²) in [6.07, 6.45) is -0.352. The maximum atomic E-state index is 10.7. The van der Waals surface area contributed by atoms with E-state index in [2.05, 4.69) is 21.2 Å². The lowest BCUT2D eigenvalue weighted by Gasteiger charge is -2.07. The van der Waals surface area contributed by atoms with Crippen LogP contribution in [0.5, 0.6) is 0 Å². The van der Waals surface area contributed by atoms with Crippen LogP contribution in [0.2, 0.25) is 0 Å². The Balaban J connectivity index is 3.26. The molecule has 1 N–H and O–H groups in total. The minimum absolute atomic E-state index is 0.142. The fraction of sp³-hybridized carbons (Fsp3) is 0.833. The summed E-state index contributed by atoms with van der Waals surface area (Å²) < 4.78 is 4.71. The second kappa shape index (κ2) is 5.53. The molecule has 0 heterocycles. The number of nitrogens with one attached hydrogen (secondary N) is 1. The van der Waals surface area contributed by atoms with Gasteiger partial charge in [0.05, 0.1) is 0 Å². The largest absolute Gasteiger partial charge is 0.449 e. The molecule has 0 saturated carbocycles. The van der Waals surface area contributed by atoms with E-state index in [-0.39, 0.29) is 12.1 Å². The molecule has 0 aromatic heterocycles. The normalized spacial score (nSPS) is 9.60. The third-order valence-corrected chi connectivity index (χ3v) is 1.04. The molecule has 10 heavy (non-hydrogen) atoms. The second-order valence-corrected chi connectivity index (χ2v) is 2.92. The molecule has 60 valence electrons. The average molecular weight is 210 g/mol. The van der Waals surface area contributed by atoms with Crippen molar-refractivity contribution in [2.24, 2.45) is 0 Å². The molecule has 0 unspecified atom stereocenters. The zero-order valence-corrected chi connectivity index (χ0v) is 7.77. The van der Waals surface area contributed by atoms with Gasteiger partial charge in [0.15, 0.2) is 0 Å². The number of rotatable bonds is 3. The fourth-order valence-corrected chi connectivity index (χ4v) is 0.571. The summed E-state index contributed by atoms with van der Waals surface area (Å²) in [5.41, 5.74) is 0. The fourth-order valence-electron chi connectivity index (χ4n) is 0.409. The van der Waals surface area contributed by atoms with Gasteiger partial charge >= 0.3 is 6.09 Å². The predicted molar refractivity (Wildman–Crippen MR) is 43.4 cm³/mol. The molecule has 0 aliphatic carbocycles. The third-order valence-electron chi connectivity index (χ3n) is 0.717. The number of alkyl halides is 1. The van der Waals surface area contributed by atoms with Gasteiger partial charge in [0.2, 0.25) is 0 Å². The summed E-state index contributed by atoms with van der Waals surface area (Å²) >= 11 is 3.14. The van der Waals surface area contributed by atoms with Crippen LogP contribution >= 0.6 is 15.9 Å². The van der Waals surface area contributed by atoms with Crippen LogP contribution in [0.3, 0.4) is 0 Å². The molecule has 0 atom stereocenters. The maximum Gasteiger partial charge on any atom is 0.407 e. The van der Waals surface area contributed by atoms with Gasteiger partial charge in [0.1, 0.15) is 6.61 Å². The molecule has 0 bridgehead atoms. The van der Waals surface area contributed by atoms with E-state index in [1.807, 2.05) is 13.8 Å². The Morgan fingerprint density at radius 3 is 2.70 bits per heavy atom. The lowest BCUT2D eigenvalue weighted by molar-refractivity contribution is 0.151. The van der Waals surface area contributed by atoms with E-state index in [9.17, 15) is 4.79 Å². The van der Waals surface area contributed by atoms with Gasteiger partial charge in [-0.25, -0.2) is 4.79 Å². The zero-order chi connectivity index (χ0) is 7.98. The monoisotopic (exact) mass is 209 g/mol. The van der Waals surface area contributed by atoms with E-state index in [4.69, 9.17) is 4.74 Å². The van der Waals surface area contributed by atoms with Gasteiger partial charge in [-0.2, -0.15) is 0 Å². The van der Waals surface area contributed by atoms with Gasteiger partial charge in [-0.15, -0.1) is 0 Å². The highest BCUT2D eigenvalue weighted by molar-refractivity contribution is 9.09. The third kappa shape index (κ3) is 5.88. The zero-order valence-electron chi connectivity index (χ0n) is 6.19. The van der Waals surface area contributed by atoms with Crippen molar-refractivity contribution in [3.63, 3.8) is 0 Å². The molecule has 0 aromatic rings. The van der Waals surface area contributed by atoms with Gasteiger partial charge in [-0.1, -0.05) is 15.9 Å². The van der Waals surface area contributed by atoms with Crippen molar-refractivity contribution in [3.8, 4) is 0 Å². The number of carbonyl (C=O) groups excluding carboxylic acids is 1. The van der Waals surface area contributed by atoms with E-state index >= 15 is 0 Å². The number of carbonyl (C=O) groups is 1. The summed E-state index contributed by atoms with van der Waals surface area (Å²) in [5, 5.41) is 3.27. The molecule has 0 saturated heterocycles. The van der Waals surface area contributed by atoms with Crippen molar-refractivity contribution in [1.29, 1.82) is 0 Å². The number of hydrogen-bond acceptors (Lipinski definition) is 2. The first-order valence-corrected chi connectivity index (χ1v) is 4.28. The Hall–Kier alpha value is -0.250. The van der Waals surface area contributed by atoms with E-state index in [1.165, 1.54) is 0 Å². The number of ether oxygens (including phenoxy) is 1. The molecular weight excluding hydrogens is 198 g/mol. The molecule has 4 heteroatoms. The molecule has 0 rings (SSSR count). The number of alkyl carbamates (subject to hydrolysis) is 1. The van der Waals surface area contributed by atoms with Crippen molar-refractivity contribution >= 4 is 22.0 Å². The lowest BCUT2D eigenvalue weighted by atomic mass is 10.4. The number of hydrogen-bond donors (Lipinski definition) is 1. The second-order valence-electron chi connectivity index (χ2n) is 2.12. The summed E-state index contributed by atoms with van der Waals surface area (Å²) in [7, 11) is 0. The Morgan fingerprint density at radius 2 is 2.30 bits per heavy atom. The van der Waals surface area contributed by atoms with Crippen LogP contribution in [0, 0.1) is 0 Å². The van der Waals surface area contributed by atoms with Crippen LogP contribution in [0.25, 0.3) is 0 Å². The van der Waals surface area contributed by atoms with Crippen LogP contribution in [0.1, 0.15) is 13.8 Å². The Bertz CT molecular complexity index is 106. The summed E-state index contributed by atoms with van der Waals surface area (Å²) in [5.74, 6) is 0. The van der Waals surface area contributed by atoms with Crippen molar-refractivity contribution in [3.05, 3.63) is 0 Å². The van der Waals surface area contributed by atoms with E-state index in [1.54, 1.807) is 0 Å². The summed E-state index contributed by atoms with van der Waals surface area (Å²) in [4.78, 5) is 10.7. The molecule has 1 amide bonds. The Labute approximate surface area is 69.3 Å². The Morgan fingerprint density at radius 1 is 1.70 bits per heavy atom. The van der Waals surface area contributed by atoms with E-state index < -0.39 is 0 Å². The van der Waals surface area contributed by atoms with Crippen molar-refractivity contribution in [2.45, 2.75) is 19.9 Å². The SMILES string of the molecule is CC(C)NC(=O)OCCBr. The van der Waals surface area contributed by atoms with Crippen molar-refractivity contribution in [2.75, 3.05) is 11.9 Å². The molecule has 0 radical (unpaired) electrons. The van der Waals surface area contributed by atoms with E-state index in [0.717, 1.165) is 0 Å². The molecule has 0 aliphatic rings. The molecule has 0 aliphatic heterocycles. The van der Waals surface area contributed by atoms with Crippen molar-refractivity contribution in [1.82, 2.24) is 5.32 Å². The van der Waals surface area contributed by atoms with Crippen LogP contribution in [-0.4, -0.2) is 24.1 Å². The predicted octanol–water partition coefficient (Wildman–Crippen LogP) is 1.52. The molecule has 3 nitrogen and oxygen atoms in total. The van der Waals surface area contributed by atoms with Crippen LogP contribution in [0.4, 0.5) is 4.79 Å². The molecule has 0 fully saturated rings. The minimum Gasteiger partial charge on any atom is -0.449 e. The average Bonchev–Trinajstić information content (AvgIpc) is 1.82. The first kappa shape index (κ1) is 9.75. The first-order chi connectivity index (χ1) is 4.66. The highest BCUT2D eigenvalue weighted by Crippen LogP contribution is 1.84. The maximum absolute atomic E-state index is 10.7. The molecular formula is C6H12BrNO2. The van der Waals surface area contributed by atoms with Gasteiger partial charge in [-0.3, -0.25) is 0 Å². The van der Waals surface area contributed by atoms with Gasteiger partial charge < -0.3 is 10.1 Å². The summed E-state index contributed by atoms with van der Waals surface area (Å²) in [6, 6.07) is 0.142. The lowest BCUT2D eigenvalue weighted by Crippen LogP contribution is -2.31. The molecule has 0 spiro atoms. The first-order valence-electron chi connectivity index (χ1n) is 3.16.